The molecular weight excluding hydrogens is 1520 g/mol. The second kappa shape index (κ2) is 32.5. The maximum absolute atomic E-state index is 13.5. The predicted octanol–water partition coefficient (Wildman–Crippen LogP) is 17.8. The summed E-state index contributed by atoms with van der Waals surface area (Å²) >= 11 is 9.76. The molecule has 0 radical (unpaired) electrons. The average Bonchev–Trinajstić information content (AvgIpc) is 0.755. The minimum atomic E-state index is -0.801. The summed E-state index contributed by atoms with van der Waals surface area (Å²) in [6.07, 6.45) is 3.16. The van der Waals surface area contributed by atoms with E-state index in [4.69, 9.17) is 29.3 Å². The minimum Gasteiger partial charge on any atom is -0.505 e. The Hall–Kier alpha value is -12.3. The van der Waals surface area contributed by atoms with Gasteiger partial charge >= 0.3 is 22.5 Å². The molecule has 0 aliphatic rings. The van der Waals surface area contributed by atoms with Crippen LogP contribution in [0.4, 0.5) is 8.78 Å². The first-order chi connectivity index (χ1) is 53.4. The molecule has 20 nitrogen and oxygen atoms in total. The van der Waals surface area contributed by atoms with Gasteiger partial charge in [-0.05, 0) is 154 Å². The van der Waals surface area contributed by atoms with Crippen molar-refractivity contribution in [1.82, 2.24) is 18.3 Å². The highest BCUT2D eigenvalue weighted by Crippen LogP contribution is 2.42. The second-order valence-electron chi connectivity index (χ2n) is 24.8. The van der Waals surface area contributed by atoms with Gasteiger partial charge in [-0.2, -0.15) is 0 Å². The van der Waals surface area contributed by atoms with Crippen LogP contribution in [0.3, 0.4) is 0 Å². The monoisotopic (exact) mass is 1580 g/mol. The molecule has 0 bridgehead atoms. The topological polar surface area (TPSA) is 290 Å². The van der Waals surface area contributed by atoms with Gasteiger partial charge < -0.3 is 56.4 Å². The van der Waals surface area contributed by atoms with Crippen molar-refractivity contribution in [3.05, 3.63) is 324 Å². The highest BCUT2D eigenvalue weighted by molar-refractivity contribution is 8.00. The van der Waals surface area contributed by atoms with E-state index in [1.165, 1.54) is 50.1 Å². The van der Waals surface area contributed by atoms with E-state index >= 15 is 0 Å². The van der Waals surface area contributed by atoms with Gasteiger partial charge in [0.2, 0.25) is 0 Å². The van der Waals surface area contributed by atoms with E-state index < -0.39 is 68.1 Å². The number of rotatable bonds is 14. The van der Waals surface area contributed by atoms with Crippen molar-refractivity contribution in [3.8, 4) is 23.0 Å². The standard InChI is InChI=1S/C21H14ClNO4S.C21H16FNO4S.C21H14FNO4S.C21H17NO4S/c1-2-10-23-15-9-4-3-8-14(15)18-16(20(23)25)17(24)19(21(26)27-18)28-13-7-5-6-12(22)11-13;1-3-23-15-9-11(2)7-8-14(15)18-16(20(23)25)17(24)19(21(26)27-18)28-13-6-4-5-12(22)10-13;1-2-10-23-15-9-4-3-8-14(15)18-16(20(23)25)17(24)19(21(26)27-18)28-13-7-5-6-12(22)11-13;1-3-22-15-11-12(2)9-10-14(15)18-16(20(22)24)17(23)19(21(25)26-18)27-13-7-5-4-6-8-13/h2-9,11,24H,1,10H2;4-10,24H,3H2,1-2H3;2-9,11,24H,1,10H2;4-11,23H,3H2,1-2H3. The Kier molecular flexibility index (Phi) is 22.5. The minimum absolute atomic E-state index is 0.0138. The Morgan fingerprint density at radius 2 is 0.676 bits per heavy atom. The lowest BCUT2D eigenvalue weighted by atomic mass is 10.1. The number of aryl methyl sites for hydroxylation is 4. The first kappa shape index (κ1) is 76.9. The summed E-state index contributed by atoms with van der Waals surface area (Å²) in [4.78, 5) is 104. The molecule has 0 unspecified atom stereocenters. The van der Waals surface area contributed by atoms with Gasteiger partial charge in [-0.15, -0.1) is 13.2 Å². The first-order valence-corrected chi connectivity index (χ1v) is 37.6. The molecule has 0 saturated carbocycles. The van der Waals surface area contributed by atoms with Gasteiger partial charge in [0.05, 0.1) is 22.1 Å². The van der Waals surface area contributed by atoms with Crippen LogP contribution in [0.15, 0.2) is 309 Å². The molecule has 8 aromatic heterocycles. The number of aromatic hydroxyl groups is 4. The summed E-state index contributed by atoms with van der Waals surface area (Å²) in [6, 6.07) is 52.2. The zero-order valence-corrected chi connectivity index (χ0v) is 63.1. The van der Waals surface area contributed by atoms with Crippen LogP contribution >= 0.6 is 58.6 Å². The molecule has 8 aromatic carbocycles. The summed E-state index contributed by atoms with van der Waals surface area (Å²) in [5, 5.41) is 45.8. The molecule has 0 fully saturated rings. The number of para-hydroxylation sites is 2. The molecule has 0 saturated heterocycles. The first-order valence-electron chi connectivity index (χ1n) is 34.0. The third-order valence-electron chi connectivity index (χ3n) is 17.6. The molecule has 0 amide bonds. The number of benzene rings is 8. The predicted molar refractivity (Wildman–Crippen MR) is 432 cm³/mol. The van der Waals surface area contributed by atoms with E-state index in [0.29, 0.717) is 76.4 Å². The van der Waals surface area contributed by atoms with Crippen LogP contribution in [0.1, 0.15) is 25.0 Å². The maximum Gasteiger partial charge on any atom is 0.354 e. The summed E-state index contributed by atoms with van der Waals surface area (Å²) in [5.41, 5.74) is -0.0607. The van der Waals surface area contributed by atoms with E-state index in [0.717, 1.165) is 63.1 Å². The van der Waals surface area contributed by atoms with Crippen LogP contribution in [0, 0.1) is 25.5 Å². The van der Waals surface area contributed by atoms with Gasteiger partial charge in [-0.25, -0.2) is 28.0 Å². The van der Waals surface area contributed by atoms with Gasteiger partial charge in [0.1, 0.15) is 52.8 Å². The Labute approximate surface area is 647 Å². The van der Waals surface area contributed by atoms with E-state index in [9.17, 15) is 67.6 Å². The SMILES string of the molecule is C=CCn1c(=O)c2c(O)c(Sc3cccc(Cl)c3)c(=O)oc2c2ccccc21.C=CCn1c(=O)c2c(O)c(Sc3cccc(F)c3)c(=O)oc2c2ccccc21.CCn1c(=O)c2c(O)c(Sc3cccc(F)c3)c(=O)oc2c2ccc(C)cc21.CCn1c(=O)c2c(O)c(Sc3ccccc3)c(=O)oc2c2ccc(C)cc21. The zero-order valence-electron chi connectivity index (χ0n) is 59.0. The smallest absolute Gasteiger partial charge is 0.354 e. The molecule has 0 atom stereocenters. The van der Waals surface area contributed by atoms with Crippen molar-refractivity contribution in [2.24, 2.45) is 0 Å². The van der Waals surface area contributed by atoms with Crippen molar-refractivity contribution < 1.29 is 46.9 Å². The number of hydrogen-bond donors (Lipinski definition) is 4. The van der Waals surface area contributed by atoms with Crippen LogP contribution in [0.5, 0.6) is 23.0 Å². The van der Waals surface area contributed by atoms with E-state index in [2.05, 4.69) is 13.2 Å². The number of halogens is 3. The number of fused-ring (bicyclic) bond motifs is 12. The Balaban J connectivity index is 0.000000130. The van der Waals surface area contributed by atoms with Crippen LogP contribution < -0.4 is 44.7 Å². The molecule has 0 aliphatic carbocycles. The highest BCUT2D eigenvalue weighted by Gasteiger charge is 2.27. The molecular formula is C84H61ClF2N4O16S4. The Bertz CT molecular complexity index is 6820. The normalized spacial score (nSPS) is 11.3. The van der Waals surface area contributed by atoms with E-state index in [1.54, 1.807) is 108 Å². The van der Waals surface area contributed by atoms with Gasteiger partial charge in [0.25, 0.3) is 22.2 Å². The highest BCUT2D eigenvalue weighted by atomic mass is 35.5. The summed E-state index contributed by atoms with van der Waals surface area (Å²) in [7, 11) is 0. The third kappa shape index (κ3) is 15.1. The summed E-state index contributed by atoms with van der Waals surface area (Å²) in [5.74, 6) is -2.60. The Morgan fingerprint density at radius 1 is 0.369 bits per heavy atom. The van der Waals surface area contributed by atoms with Gasteiger partial charge in [-0.1, -0.05) is 144 Å². The van der Waals surface area contributed by atoms with E-state index in [1.807, 2.05) is 88.4 Å². The summed E-state index contributed by atoms with van der Waals surface area (Å²) < 4.78 is 54.9. The zero-order chi connectivity index (χ0) is 78.8. The van der Waals surface area contributed by atoms with Crippen LogP contribution in [0.2, 0.25) is 5.02 Å². The maximum atomic E-state index is 13.5. The van der Waals surface area contributed by atoms with Gasteiger partial charge in [0.15, 0.2) is 45.3 Å². The van der Waals surface area contributed by atoms with Gasteiger partial charge in [-0.3, -0.25) is 19.2 Å². The second-order valence-corrected chi connectivity index (χ2v) is 29.5. The van der Waals surface area contributed by atoms with Crippen molar-refractivity contribution in [2.75, 3.05) is 0 Å². The molecule has 111 heavy (non-hydrogen) atoms. The number of hydrogen-bond acceptors (Lipinski definition) is 20. The fourth-order valence-corrected chi connectivity index (χ4v) is 16.4. The lowest BCUT2D eigenvalue weighted by Crippen LogP contribution is -2.21. The number of allylic oxidation sites excluding steroid dienone is 2. The van der Waals surface area contributed by atoms with Crippen molar-refractivity contribution in [2.45, 2.75) is 93.0 Å². The molecule has 16 rings (SSSR count). The largest absolute Gasteiger partial charge is 0.505 e. The van der Waals surface area contributed by atoms with Crippen molar-refractivity contribution in [1.29, 1.82) is 0 Å². The van der Waals surface area contributed by atoms with Gasteiger partial charge in [0, 0.05) is 72.3 Å². The molecule has 27 heteroatoms. The number of aromatic nitrogens is 4. The number of pyridine rings is 4. The fourth-order valence-electron chi connectivity index (χ4n) is 12.6. The lowest BCUT2D eigenvalue weighted by molar-refractivity contribution is 0.445. The molecule has 558 valence electrons. The molecule has 16 aromatic rings. The van der Waals surface area contributed by atoms with Crippen LogP contribution in [-0.4, -0.2) is 38.7 Å². The van der Waals surface area contributed by atoms with Crippen LogP contribution in [-0.2, 0) is 26.2 Å². The van der Waals surface area contributed by atoms with Crippen molar-refractivity contribution in [3.63, 3.8) is 0 Å². The van der Waals surface area contributed by atoms with E-state index in [-0.39, 0.29) is 87.9 Å². The molecule has 4 N–H and O–H groups in total. The fraction of sp³-hybridized carbons (Fsp3) is 0.0952. The third-order valence-corrected chi connectivity index (χ3v) is 22.1. The Morgan fingerprint density at radius 3 is 1.02 bits per heavy atom. The average molecular weight is 1580 g/mol. The molecule has 0 aliphatic heterocycles. The molecule has 0 spiro atoms. The van der Waals surface area contributed by atoms with Crippen molar-refractivity contribution >= 4 is 146 Å². The molecule has 8 heterocycles. The number of nitrogens with zero attached hydrogens (tertiary/aromatic N) is 4. The van der Waals surface area contributed by atoms with Crippen LogP contribution in [0.25, 0.3) is 87.5 Å². The lowest BCUT2D eigenvalue weighted by Gasteiger charge is -2.13. The quantitative estimate of drug-likeness (QED) is 0.0581. The summed E-state index contributed by atoms with van der Waals surface area (Å²) in [6.45, 7) is 16.2.